The molecule has 2 atom stereocenters. The van der Waals surface area contributed by atoms with Gasteiger partial charge in [-0.2, -0.15) is 0 Å². The molecule has 4 nitrogen and oxygen atoms in total. The lowest BCUT2D eigenvalue weighted by Crippen LogP contribution is -2.58. The Morgan fingerprint density at radius 1 is 1.23 bits per heavy atom. The maximum Gasteiger partial charge on any atom is 0.573 e. The Kier molecular flexibility index (Phi) is 3.78. The van der Waals surface area contributed by atoms with Crippen LogP contribution in [0.1, 0.15) is 18.4 Å². The molecule has 2 aliphatic rings. The van der Waals surface area contributed by atoms with Gasteiger partial charge in [0.05, 0.1) is 18.8 Å². The van der Waals surface area contributed by atoms with Crippen LogP contribution < -0.4 is 10.1 Å². The van der Waals surface area contributed by atoms with E-state index in [4.69, 9.17) is 4.74 Å². The zero-order chi connectivity index (χ0) is 16.0. The lowest BCUT2D eigenvalue weighted by molar-refractivity contribution is -0.275. The highest BCUT2D eigenvalue weighted by Crippen LogP contribution is 2.38. The summed E-state index contributed by atoms with van der Waals surface area (Å²) in [6.45, 7) is 0.882. The molecule has 8 heteroatoms. The van der Waals surface area contributed by atoms with Crippen molar-refractivity contribution in [2.24, 2.45) is 0 Å². The second-order valence-corrected chi connectivity index (χ2v) is 5.73. The molecule has 1 aromatic rings. The van der Waals surface area contributed by atoms with E-state index >= 15 is 0 Å². The minimum atomic E-state index is -4.96. The quantitative estimate of drug-likeness (QED) is 0.819. The number of benzene rings is 1. The van der Waals surface area contributed by atoms with Crippen LogP contribution in [0.4, 0.5) is 17.6 Å². The molecule has 3 rings (SSSR count). The first-order valence-electron chi connectivity index (χ1n) is 6.87. The van der Waals surface area contributed by atoms with Crippen molar-refractivity contribution in [2.75, 3.05) is 13.2 Å². The summed E-state index contributed by atoms with van der Waals surface area (Å²) in [6, 6.07) is 2.94. The Morgan fingerprint density at radius 2 is 1.86 bits per heavy atom. The number of hydrogen-bond acceptors (Lipinski definition) is 4. The fourth-order valence-corrected chi connectivity index (χ4v) is 3.15. The summed E-state index contributed by atoms with van der Waals surface area (Å²) >= 11 is 0. The largest absolute Gasteiger partial charge is 0.573 e. The second-order valence-electron chi connectivity index (χ2n) is 5.73. The molecule has 2 N–H and O–H groups in total. The van der Waals surface area contributed by atoms with E-state index in [1.165, 1.54) is 6.07 Å². The van der Waals surface area contributed by atoms with Gasteiger partial charge in [-0.1, -0.05) is 6.07 Å². The van der Waals surface area contributed by atoms with Gasteiger partial charge in [-0.25, -0.2) is 4.39 Å². The summed E-state index contributed by atoms with van der Waals surface area (Å²) in [4.78, 5) is 0. The number of morpholine rings is 1. The summed E-state index contributed by atoms with van der Waals surface area (Å²) in [7, 11) is 0. The fraction of sp³-hybridized carbons (Fsp3) is 0.571. The second kappa shape index (κ2) is 5.36. The van der Waals surface area contributed by atoms with Crippen molar-refractivity contribution in [1.82, 2.24) is 5.32 Å². The summed E-state index contributed by atoms with van der Waals surface area (Å²) in [6.07, 6.45) is -4.34. The van der Waals surface area contributed by atoms with Crippen LogP contribution in [-0.2, 0) is 10.3 Å². The molecule has 0 aromatic heterocycles. The molecular formula is C14H15F4NO3. The number of ether oxygens (including phenoxy) is 2. The lowest BCUT2D eigenvalue weighted by Gasteiger charge is -2.45. The zero-order valence-corrected chi connectivity index (χ0v) is 11.5. The molecule has 0 amide bonds. The number of piperidine rings is 1. The van der Waals surface area contributed by atoms with Crippen LogP contribution in [0.5, 0.6) is 5.75 Å². The number of nitrogens with one attached hydrogen (secondary N) is 1. The van der Waals surface area contributed by atoms with Crippen molar-refractivity contribution in [3.8, 4) is 5.75 Å². The van der Waals surface area contributed by atoms with Crippen LogP contribution in [-0.4, -0.2) is 36.8 Å². The monoisotopic (exact) mass is 321 g/mol. The normalized spacial score (nSPS) is 31.9. The summed E-state index contributed by atoms with van der Waals surface area (Å²) in [5.41, 5.74) is -1.04. The molecular weight excluding hydrogens is 306 g/mol. The smallest absolute Gasteiger partial charge is 0.403 e. The molecule has 1 aromatic carbocycles. The Bertz CT molecular complexity index is 552. The first-order valence-corrected chi connectivity index (χ1v) is 6.87. The molecule has 2 aliphatic heterocycles. The molecule has 2 fully saturated rings. The van der Waals surface area contributed by atoms with Crippen molar-refractivity contribution in [3.05, 3.63) is 29.6 Å². The number of hydrogen-bond donors (Lipinski definition) is 2. The maximum atomic E-state index is 13.8. The minimum absolute atomic E-state index is 0.0633. The van der Waals surface area contributed by atoms with Crippen molar-refractivity contribution in [1.29, 1.82) is 0 Å². The Labute approximate surface area is 124 Å². The predicted octanol–water partition coefficient (Wildman–Crippen LogP) is 2.06. The standard InChI is InChI=1S/C14H15F4NO3/c15-11-3-8(1-2-12(11)22-14(16,17)18)13(20)4-9-6-21-7-10(5-13)19-9/h1-3,9-10,19-20H,4-7H2. The first kappa shape index (κ1) is 15.5. The van der Waals surface area contributed by atoms with Crippen molar-refractivity contribution >= 4 is 0 Å². The summed E-state index contributed by atoms with van der Waals surface area (Å²) in [5.74, 6) is -2.06. The van der Waals surface area contributed by atoms with Crippen LogP contribution in [0, 0.1) is 5.82 Å². The minimum Gasteiger partial charge on any atom is -0.403 e. The molecule has 2 unspecified atom stereocenters. The van der Waals surface area contributed by atoms with E-state index in [9.17, 15) is 22.7 Å². The van der Waals surface area contributed by atoms with E-state index < -0.39 is 23.5 Å². The topological polar surface area (TPSA) is 50.7 Å². The third kappa shape index (κ3) is 3.18. The van der Waals surface area contributed by atoms with Crippen molar-refractivity contribution in [2.45, 2.75) is 36.9 Å². The van der Waals surface area contributed by atoms with Gasteiger partial charge in [0.1, 0.15) is 0 Å². The molecule has 22 heavy (non-hydrogen) atoms. The fourth-order valence-electron chi connectivity index (χ4n) is 3.15. The number of alkyl halides is 3. The molecule has 2 heterocycles. The van der Waals surface area contributed by atoms with Crippen LogP contribution in [0.15, 0.2) is 18.2 Å². The van der Waals surface area contributed by atoms with Gasteiger partial charge in [0, 0.05) is 12.1 Å². The molecule has 0 saturated carbocycles. The molecule has 0 spiro atoms. The highest BCUT2D eigenvalue weighted by atomic mass is 19.4. The molecule has 2 bridgehead atoms. The van der Waals surface area contributed by atoms with Gasteiger partial charge in [-0.15, -0.1) is 13.2 Å². The van der Waals surface area contributed by atoms with Gasteiger partial charge < -0.3 is 19.9 Å². The third-order valence-corrected chi connectivity index (χ3v) is 3.97. The average molecular weight is 321 g/mol. The van der Waals surface area contributed by atoms with E-state index in [0.717, 1.165) is 12.1 Å². The van der Waals surface area contributed by atoms with Crippen molar-refractivity contribution in [3.63, 3.8) is 0 Å². The van der Waals surface area contributed by atoms with Crippen LogP contribution in [0.25, 0.3) is 0 Å². The van der Waals surface area contributed by atoms with E-state index in [-0.39, 0.29) is 17.6 Å². The highest BCUT2D eigenvalue weighted by Gasteiger charge is 2.43. The van der Waals surface area contributed by atoms with Crippen LogP contribution in [0.3, 0.4) is 0 Å². The maximum absolute atomic E-state index is 13.8. The highest BCUT2D eigenvalue weighted by molar-refractivity contribution is 5.33. The lowest BCUT2D eigenvalue weighted by atomic mass is 9.78. The number of halogens is 4. The molecule has 122 valence electrons. The predicted molar refractivity (Wildman–Crippen MR) is 67.7 cm³/mol. The van der Waals surface area contributed by atoms with Gasteiger partial charge in [0.25, 0.3) is 0 Å². The Hall–Kier alpha value is -1.38. The molecule has 0 aliphatic carbocycles. The Morgan fingerprint density at radius 3 is 2.41 bits per heavy atom. The summed E-state index contributed by atoms with van der Waals surface area (Å²) < 4.78 is 59.2. The summed E-state index contributed by atoms with van der Waals surface area (Å²) in [5, 5.41) is 14.1. The first-order chi connectivity index (χ1) is 10.3. The van der Waals surface area contributed by atoms with Gasteiger partial charge in [-0.3, -0.25) is 0 Å². The van der Waals surface area contributed by atoms with Gasteiger partial charge >= 0.3 is 6.36 Å². The van der Waals surface area contributed by atoms with Crippen LogP contribution >= 0.6 is 0 Å². The Balaban J connectivity index is 1.84. The van der Waals surface area contributed by atoms with E-state index in [0.29, 0.717) is 26.1 Å². The van der Waals surface area contributed by atoms with Gasteiger partial charge in [0.2, 0.25) is 0 Å². The van der Waals surface area contributed by atoms with Gasteiger partial charge in [-0.05, 0) is 30.5 Å². The zero-order valence-electron chi connectivity index (χ0n) is 11.5. The number of rotatable bonds is 2. The van der Waals surface area contributed by atoms with E-state index in [1.54, 1.807) is 0 Å². The van der Waals surface area contributed by atoms with Crippen LogP contribution in [0.2, 0.25) is 0 Å². The number of fused-ring (bicyclic) bond motifs is 2. The number of aliphatic hydroxyl groups is 1. The van der Waals surface area contributed by atoms with E-state index in [2.05, 4.69) is 10.1 Å². The molecule has 0 radical (unpaired) electrons. The average Bonchev–Trinajstić information content (AvgIpc) is 2.39. The molecule has 2 saturated heterocycles. The third-order valence-electron chi connectivity index (χ3n) is 3.97. The van der Waals surface area contributed by atoms with E-state index in [1.807, 2.05) is 0 Å². The SMILES string of the molecule is OC1(c2ccc(OC(F)(F)F)c(F)c2)CC2COCC(C1)N2. The van der Waals surface area contributed by atoms with Gasteiger partial charge in [0.15, 0.2) is 11.6 Å². The van der Waals surface area contributed by atoms with Crippen molar-refractivity contribution < 1.29 is 32.1 Å².